The first-order valence-corrected chi connectivity index (χ1v) is 8.21. The zero-order valence-electron chi connectivity index (χ0n) is 15.4. The fourth-order valence-electron chi connectivity index (χ4n) is 2.45. The molecule has 138 valence electrons. The number of hydrogen-bond donors (Lipinski definition) is 1. The summed E-state index contributed by atoms with van der Waals surface area (Å²) in [5, 5.41) is 13.6. The number of nitro benzene ring substituents is 1. The Morgan fingerprint density at radius 1 is 1.27 bits per heavy atom. The van der Waals surface area contributed by atoms with E-state index in [0.29, 0.717) is 12.2 Å². The number of amides is 1. The lowest BCUT2D eigenvalue weighted by Crippen LogP contribution is -2.39. The molecule has 1 amide bonds. The number of methoxy groups -OCH3 is 1. The molecule has 7 heteroatoms. The van der Waals surface area contributed by atoms with E-state index in [9.17, 15) is 14.9 Å². The SMILES string of the molecule is COc1cc([N+](=O)[O-])ccc1NC(=O)[C@H](C)N(C)Cc1ccc(C)cc1. The van der Waals surface area contributed by atoms with Gasteiger partial charge in [0.25, 0.3) is 5.69 Å². The molecule has 1 N–H and O–H groups in total. The summed E-state index contributed by atoms with van der Waals surface area (Å²) in [7, 11) is 3.28. The van der Waals surface area contributed by atoms with Gasteiger partial charge in [-0.1, -0.05) is 29.8 Å². The number of hydrogen-bond acceptors (Lipinski definition) is 5. The summed E-state index contributed by atoms with van der Waals surface area (Å²) in [6.07, 6.45) is 0. The van der Waals surface area contributed by atoms with Crippen molar-refractivity contribution in [1.82, 2.24) is 4.90 Å². The maximum atomic E-state index is 12.5. The average molecular weight is 357 g/mol. The molecular weight excluding hydrogens is 334 g/mol. The highest BCUT2D eigenvalue weighted by Crippen LogP contribution is 2.29. The molecule has 0 saturated carbocycles. The monoisotopic (exact) mass is 357 g/mol. The van der Waals surface area contributed by atoms with Crippen LogP contribution in [-0.2, 0) is 11.3 Å². The number of benzene rings is 2. The molecule has 0 aliphatic carbocycles. The van der Waals surface area contributed by atoms with Gasteiger partial charge in [0.2, 0.25) is 5.91 Å². The second-order valence-electron chi connectivity index (χ2n) is 6.21. The summed E-state index contributed by atoms with van der Waals surface area (Å²) < 4.78 is 5.15. The van der Waals surface area contributed by atoms with Crippen LogP contribution in [0.15, 0.2) is 42.5 Å². The molecule has 2 rings (SSSR count). The third kappa shape index (κ3) is 4.80. The van der Waals surface area contributed by atoms with Crippen molar-refractivity contribution in [2.45, 2.75) is 26.4 Å². The molecule has 0 saturated heterocycles. The van der Waals surface area contributed by atoms with E-state index < -0.39 is 11.0 Å². The first-order chi connectivity index (χ1) is 12.3. The highest BCUT2D eigenvalue weighted by Gasteiger charge is 2.20. The first-order valence-electron chi connectivity index (χ1n) is 8.21. The summed E-state index contributed by atoms with van der Waals surface area (Å²) in [4.78, 5) is 24.8. The van der Waals surface area contributed by atoms with E-state index in [1.165, 1.54) is 30.9 Å². The van der Waals surface area contributed by atoms with Crippen LogP contribution in [0.4, 0.5) is 11.4 Å². The maximum Gasteiger partial charge on any atom is 0.273 e. The average Bonchev–Trinajstić information content (AvgIpc) is 2.62. The van der Waals surface area contributed by atoms with Gasteiger partial charge in [0.05, 0.1) is 29.8 Å². The van der Waals surface area contributed by atoms with E-state index >= 15 is 0 Å². The van der Waals surface area contributed by atoms with Gasteiger partial charge in [-0.05, 0) is 32.5 Å². The van der Waals surface area contributed by atoms with E-state index in [1.807, 2.05) is 43.1 Å². The Hall–Kier alpha value is -2.93. The van der Waals surface area contributed by atoms with Crippen molar-refractivity contribution >= 4 is 17.3 Å². The lowest BCUT2D eigenvalue weighted by Gasteiger charge is -2.24. The number of non-ortho nitro benzene ring substituents is 1. The number of aryl methyl sites for hydroxylation is 1. The van der Waals surface area contributed by atoms with Crippen LogP contribution in [0.3, 0.4) is 0 Å². The van der Waals surface area contributed by atoms with Crippen LogP contribution < -0.4 is 10.1 Å². The standard InChI is InChI=1S/C19H23N3O4/c1-13-5-7-15(8-6-13)12-21(3)14(2)19(23)20-17-10-9-16(22(24)25)11-18(17)26-4/h5-11,14H,12H2,1-4H3,(H,20,23)/t14-/m0/s1. The van der Waals surface area contributed by atoms with E-state index in [2.05, 4.69) is 5.32 Å². The number of carbonyl (C=O) groups is 1. The Morgan fingerprint density at radius 3 is 2.50 bits per heavy atom. The van der Waals surface area contributed by atoms with Crippen LogP contribution in [0.1, 0.15) is 18.1 Å². The minimum absolute atomic E-state index is 0.0932. The predicted molar refractivity (Wildman–Crippen MR) is 100 cm³/mol. The molecule has 0 heterocycles. The minimum Gasteiger partial charge on any atom is -0.494 e. The largest absolute Gasteiger partial charge is 0.494 e. The summed E-state index contributed by atoms with van der Waals surface area (Å²) in [5.41, 5.74) is 2.61. The van der Waals surface area contributed by atoms with E-state index in [4.69, 9.17) is 4.74 Å². The molecule has 0 radical (unpaired) electrons. The van der Waals surface area contributed by atoms with Gasteiger partial charge in [-0.25, -0.2) is 0 Å². The zero-order chi connectivity index (χ0) is 19.3. The first kappa shape index (κ1) is 19.4. The number of nitrogens with one attached hydrogen (secondary N) is 1. The van der Waals surface area contributed by atoms with Gasteiger partial charge in [0.1, 0.15) is 5.75 Å². The summed E-state index contributed by atoms with van der Waals surface area (Å²) in [6.45, 7) is 4.47. The van der Waals surface area contributed by atoms with Gasteiger partial charge >= 0.3 is 0 Å². The molecule has 0 bridgehead atoms. The quantitative estimate of drug-likeness (QED) is 0.607. The van der Waals surface area contributed by atoms with E-state index in [1.54, 1.807) is 6.92 Å². The summed E-state index contributed by atoms with van der Waals surface area (Å²) in [5.74, 6) is 0.0349. The molecule has 7 nitrogen and oxygen atoms in total. The lowest BCUT2D eigenvalue weighted by molar-refractivity contribution is -0.384. The Labute approximate surface area is 152 Å². The number of likely N-dealkylation sites (N-methyl/N-ethyl adjacent to an activating group) is 1. The Morgan fingerprint density at radius 2 is 1.92 bits per heavy atom. The van der Waals surface area contributed by atoms with Crippen molar-refractivity contribution < 1.29 is 14.5 Å². The van der Waals surface area contributed by atoms with Crippen LogP contribution in [0, 0.1) is 17.0 Å². The van der Waals surface area contributed by atoms with E-state index in [-0.39, 0.29) is 17.3 Å². The fourth-order valence-corrected chi connectivity index (χ4v) is 2.45. The van der Waals surface area contributed by atoms with Gasteiger partial charge in [0.15, 0.2) is 0 Å². The second kappa shape index (κ2) is 8.44. The summed E-state index contributed by atoms with van der Waals surface area (Å²) in [6, 6.07) is 11.9. The van der Waals surface area contributed by atoms with Crippen molar-refractivity contribution in [2.75, 3.05) is 19.5 Å². The molecule has 1 atom stereocenters. The van der Waals surface area contributed by atoms with Crippen LogP contribution in [-0.4, -0.2) is 35.9 Å². The van der Waals surface area contributed by atoms with Gasteiger partial charge in [-0.15, -0.1) is 0 Å². The highest BCUT2D eigenvalue weighted by molar-refractivity contribution is 5.96. The van der Waals surface area contributed by atoms with Crippen LogP contribution >= 0.6 is 0 Å². The minimum atomic E-state index is -0.508. The number of nitro groups is 1. The zero-order valence-corrected chi connectivity index (χ0v) is 15.4. The van der Waals surface area contributed by atoms with Crippen LogP contribution in [0.5, 0.6) is 5.75 Å². The maximum absolute atomic E-state index is 12.5. The molecular formula is C19H23N3O4. The van der Waals surface area contributed by atoms with Crippen LogP contribution in [0.25, 0.3) is 0 Å². The molecule has 0 aliphatic rings. The van der Waals surface area contributed by atoms with E-state index in [0.717, 1.165) is 5.56 Å². The normalized spacial score (nSPS) is 11.9. The third-order valence-electron chi connectivity index (χ3n) is 4.25. The number of ether oxygens (including phenoxy) is 1. The Bertz CT molecular complexity index is 790. The van der Waals surface area contributed by atoms with Gasteiger partial charge in [0, 0.05) is 12.6 Å². The highest BCUT2D eigenvalue weighted by atomic mass is 16.6. The Balaban J connectivity index is 2.06. The summed E-state index contributed by atoms with van der Waals surface area (Å²) >= 11 is 0. The van der Waals surface area contributed by atoms with Crippen LogP contribution in [0.2, 0.25) is 0 Å². The fraction of sp³-hybridized carbons (Fsp3) is 0.316. The second-order valence-corrected chi connectivity index (χ2v) is 6.21. The smallest absolute Gasteiger partial charge is 0.273 e. The molecule has 0 aromatic heterocycles. The van der Waals surface area contributed by atoms with Crippen molar-refractivity contribution in [3.63, 3.8) is 0 Å². The van der Waals surface area contributed by atoms with Crippen molar-refractivity contribution in [1.29, 1.82) is 0 Å². The van der Waals surface area contributed by atoms with Gasteiger partial charge in [-0.3, -0.25) is 19.8 Å². The number of rotatable bonds is 7. The molecule has 0 fully saturated rings. The van der Waals surface area contributed by atoms with Crippen molar-refractivity contribution in [3.8, 4) is 5.75 Å². The molecule has 0 aliphatic heterocycles. The van der Waals surface area contributed by atoms with Crippen molar-refractivity contribution in [2.24, 2.45) is 0 Å². The predicted octanol–water partition coefficient (Wildman–Crippen LogP) is 3.37. The molecule has 2 aromatic carbocycles. The molecule has 0 unspecified atom stereocenters. The number of nitrogens with zero attached hydrogens (tertiary/aromatic N) is 2. The molecule has 26 heavy (non-hydrogen) atoms. The number of carbonyl (C=O) groups excluding carboxylic acids is 1. The molecule has 2 aromatic rings. The molecule has 0 spiro atoms. The Kier molecular flexibility index (Phi) is 6.30. The van der Waals surface area contributed by atoms with Gasteiger partial charge in [-0.2, -0.15) is 0 Å². The number of anilines is 1. The van der Waals surface area contributed by atoms with Gasteiger partial charge < -0.3 is 10.1 Å². The third-order valence-corrected chi connectivity index (χ3v) is 4.25. The topological polar surface area (TPSA) is 84.7 Å². The van der Waals surface area contributed by atoms with Crippen molar-refractivity contribution in [3.05, 3.63) is 63.7 Å². The lowest BCUT2D eigenvalue weighted by atomic mass is 10.1.